The molecule has 0 spiro atoms. The number of carbonyl (C=O) groups is 1. The lowest BCUT2D eigenvalue weighted by Crippen LogP contribution is -2.28. The van der Waals surface area contributed by atoms with Crippen molar-refractivity contribution in [1.29, 1.82) is 5.26 Å². The van der Waals surface area contributed by atoms with Gasteiger partial charge in [0.05, 0.1) is 12.2 Å². The van der Waals surface area contributed by atoms with Crippen LogP contribution < -0.4 is 10.1 Å². The van der Waals surface area contributed by atoms with Gasteiger partial charge < -0.3 is 10.1 Å². The molecule has 6 heteroatoms. The Morgan fingerprint density at radius 2 is 2.19 bits per heavy atom. The average Bonchev–Trinajstić information content (AvgIpc) is 3.08. The van der Waals surface area contributed by atoms with Crippen LogP contribution in [-0.2, 0) is 17.6 Å². The third-order valence-electron chi connectivity index (χ3n) is 6.59. The van der Waals surface area contributed by atoms with E-state index >= 15 is 0 Å². The molecule has 31 heavy (non-hydrogen) atoms. The number of nitrogens with one attached hydrogen (secondary N) is 1. The van der Waals surface area contributed by atoms with Gasteiger partial charge in [-0.2, -0.15) is 5.26 Å². The van der Waals surface area contributed by atoms with Crippen LogP contribution in [0, 0.1) is 29.6 Å². The zero-order valence-corrected chi connectivity index (χ0v) is 20.4. The number of ether oxygens (including phenoxy) is 1. The Bertz CT molecular complexity index is 990. The summed E-state index contributed by atoms with van der Waals surface area (Å²) in [6.45, 7) is 9.31. The van der Waals surface area contributed by atoms with Crippen LogP contribution in [-0.4, -0.2) is 12.5 Å². The predicted octanol–water partition coefficient (Wildman–Crippen LogP) is 6.92. The van der Waals surface area contributed by atoms with Crippen molar-refractivity contribution in [2.45, 2.75) is 66.2 Å². The number of nitrogens with zero attached hydrogens (tertiary/aromatic N) is 1. The Kier molecular flexibility index (Phi) is 7.67. The van der Waals surface area contributed by atoms with Crippen molar-refractivity contribution in [3.8, 4) is 11.8 Å². The molecular formula is C25H31ClN2O2S. The van der Waals surface area contributed by atoms with Crippen molar-refractivity contribution in [3.63, 3.8) is 0 Å². The molecule has 0 aliphatic heterocycles. The van der Waals surface area contributed by atoms with Crippen LogP contribution >= 0.6 is 22.9 Å². The largest absolute Gasteiger partial charge is 0.493 e. The zero-order chi connectivity index (χ0) is 22.6. The van der Waals surface area contributed by atoms with Crippen molar-refractivity contribution < 1.29 is 9.53 Å². The van der Waals surface area contributed by atoms with Crippen molar-refractivity contribution in [2.24, 2.45) is 11.3 Å². The van der Waals surface area contributed by atoms with Gasteiger partial charge in [-0.25, -0.2) is 0 Å². The van der Waals surface area contributed by atoms with Crippen molar-refractivity contribution in [2.75, 3.05) is 11.9 Å². The van der Waals surface area contributed by atoms with Gasteiger partial charge in [-0.1, -0.05) is 38.8 Å². The lowest BCUT2D eigenvalue weighted by Gasteiger charge is -2.36. The van der Waals surface area contributed by atoms with Crippen LogP contribution in [0.3, 0.4) is 0 Å². The average molecular weight is 459 g/mol. The highest BCUT2D eigenvalue weighted by atomic mass is 35.5. The van der Waals surface area contributed by atoms with Crippen LogP contribution in [0.15, 0.2) is 18.2 Å². The van der Waals surface area contributed by atoms with E-state index in [9.17, 15) is 10.1 Å². The summed E-state index contributed by atoms with van der Waals surface area (Å²) in [4.78, 5) is 13.8. The van der Waals surface area contributed by atoms with Crippen LogP contribution in [0.1, 0.15) is 68.0 Å². The van der Waals surface area contributed by atoms with E-state index in [2.05, 4.69) is 32.2 Å². The summed E-state index contributed by atoms with van der Waals surface area (Å²) in [6, 6.07) is 7.84. The molecule has 1 aliphatic carbocycles. The number of hydrogen-bond acceptors (Lipinski definition) is 4. The molecule has 3 rings (SSSR count). The maximum atomic E-state index is 12.5. The number of hydrogen-bond donors (Lipinski definition) is 1. The fourth-order valence-electron chi connectivity index (χ4n) is 4.13. The molecule has 1 N–H and O–H groups in total. The SMILES string of the molecule is CCC(C)(C)[C@H]1CCc2c(sc(NC(=O)CCCOc3ccc(Cl)cc3C)c2C#N)C1. The second-order valence-corrected chi connectivity index (χ2v) is 10.6. The number of thiophene rings is 1. The second-order valence-electron chi connectivity index (χ2n) is 9.01. The summed E-state index contributed by atoms with van der Waals surface area (Å²) in [7, 11) is 0. The monoisotopic (exact) mass is 458 g/mol. The summed E-state index contributed by atoms with van der Waals surface area (Å²) in [5.41, 5.74) is 3.08. The first-order valence-corrected chi connectivity index (χ1v) is 12.2. The third-order valence-corrected chi connectivity index (χ3v) is 7.99. The van der Waals surface area contributed by atoms with E-state index < -0.39 is 0 Å². The first-order valence-electron chi connectivity index (χ1n) is 11.0. The summed E-state index contributed by atoms with van der Waals surface area (Å²) >= 11 is 7.55. The maximum absolute atomic E-state index is 12.5. The topological polar surface area (TPSA) is 62.1 Å². The predicted molar refractivity (Wildman–Crippen MR) is 128 cm³/mol. The summed E-state index contributed by atoms with van der Waals surface area (Å²) in [6.07, 6.45) is 5.13. The molecule has 0 radical (unpaired) electrons. The van der Waals surface area contributed by atoms with Gasteiger partial charge in [0.25, 0.3) is 0 Å². The van der Waals surface area contributed by atoms with Gasteiger partial charge in [-0.3, -0.25) is 4.79 Å². The van der Waals surface area contributed by atoms with E-state index in [1.807, 2.05) is 19.1 Å². The number of fused-ring (bicyclic) bond motifs is 1. The number of nitriles is 1. The third kappa shape index (κ3) is 5.61. The molecular weight excluding hydrogens is 428 g/mol. The molecule has 0 unspecified atom stereocenters. The summed E-state index contributed by atoms with van der Waals surface area (Å²) in [5.74, 6) is 1.33. The first-order chi connectivity index (χ1) is 14.7. The highest BCUT2D eigenvalue weighted by molar-refractivity contribution is 7.16. The van der Waals surface area contributed by atoms with E-state index in [1.54, 1.807) is 17.4 Å². The number of benzene rings is 1. The van der Waals surface area contributed by atoms with Gasteiger partial charge in [0, 0.05) is 16.3 Å². The Hall–Kier alpha value is -2.03. The molecule has 1 atom stereocenters. The lowest BCUT2D eigenvalue weighted by atomic mass is 9.69. The number of carbonyl (C=O) groups excluding carboxylic acids is 1. The molecule has 0 saturated heterocycles. The van der Waals surface area contributed by atoms with Crippen molar-refractivity contribution in [3.05, 3.63) is 44.8 Å². The maximum Gasteiger partial charge on any atom is 0.225 e. The van der Waals surface area contributed by atoms with Gasteiger partial charge >= 0.3 is 0 Å². The molecule has 0 bridgehead atoms. The normalized spacial score (nSPS) is 15.8. The molecule has 166 valence electrons. The fourth-order valence-corrected chi connectivity index (χ4v) is 5.65. The fraction of sp³-hybridized carbons (Fsp3) is 0.520. The minimum absolute atomic E-state index is 0.0723. The lowest BCUT2D eigenvalue weighted by molar-refractivity contribution is -0.116. The highest BCUT2D eigenvalue weighted by Gasteiger charge is 2.34. The van der Waals surface area contributed by atoms with Crippen LogP contribution in [0.4, 0.5) is 5.00 Å². The van der Waals surface area contributed by atoms with Crippen molar-refractivity contribution >= 4 is 33.8 Å². The van der Waals surface area contributed by atoms with E-state index in [1.165, 1.54) is 4.88 Å². The molecule has 2 aromatic rings. The highest BCUT2D eigenvalue weighted by Crippen LogP contribution is 2.45. The number of anilines is 1. The Labute approximate surface area is 194 Å². The van der Waals surface area contributed by atoms with Gasteiger partial charge in [0.15, 0.2) is 0 Å². The van der Waals surface area contributed by atoms with E-state index in [4.69, 9.17) is 16.3 Å². The molecule has 0 saturated carbocycles. The molecule has 1 aromatic carbocycles. The van der Waals surface area contributed by atoms with Crippen molar-refractivity contribution in [1.82, 2.24) is 0 Å². The van der Waals surface area contributed by atoms with E-state index in [-0.39, 0.29) is 5.91 Å². The minimum atomic E-state index is -0.0723. The standard InChI is InChI=1S/C25H31ClN2O2S/c1-5-25(3,4)17-8-10-19-20(15-27)24(31-22(19)14-17)28-23(29)7-6-12-30-21-11-9-18(26)13-16(21)2/h9,11,13,17H,5-8,10,12,14H2,1-4H3,(H,28,29)/t17-/m0/s1. The number of rotatable bonds is 8. The second kappa shape index (κ2) is 10.1. The van der Waals surface area contributed by atoms with Crippen LogP contribution in [0.5, 0.6) is 5.75 Å². The van der Waals surface area contributed by atoms with Crippen LogP contribution in [0.25, 0.3) is 0 Å². The Morgan fingerprint density at radius 1 is 1.42 bits per heavy atom. The van der Waals surface area contributed by atoms with E-state index in [0.717, 1.165) is 42.6 Å². The minimum Gasteiger partial charge on any atom is -0.493 e. The van der Waals surface area contributed by atoms with Gasteiger partial charge in [0.1, 0.15) is 16.8 Å². The zero-order valence-electron chi connectivity index (χ0n) is 18.8. The Balaban J connectivity index is 1.56. The number of halogens is 1. The smallest absolute Gasteiger partial charge is 0.225 e. The quantitative estimate of drug-likeness (QED) is 0.436. The molecule has 1 heterocycles. The van der Waals surface area contributed by atoms with Crippen LogP contribution in [0.2, 0.25) is 5.02 Å². The summed E-state index contributed by atoms with van der Waals surface area (Å²) < 4.78 is 5.77. The number of amides is 1. The molecule has 0 fully saturated rings. The molecule has 4 nitrogen and oxygen atoms in total. The Morgan fingerprint density at radius 3 is 2.87 bits per heavy atom. The molecule has 1 aromatic heterocycles. The molecule has 1 aliphatic rings. The van der Waals surface area contributed by atoms with Gasteiger partial charge in [-0.05, 0) is 73.3 Å². The van der Waals surface area contributed by atoms with E-state index in [0.29, 0.717) is 46.4 Å². The van der Waals surface area contributed by atoms with Gasteiger partial charge in [-0.15, -0.1) is 11.3 Å². The first kappa shape index (κ1) is 23.6. The molecule has 1 amide bonds. The van der Waals surface area contributed by atoms with Gasteiger partial charge in [0.2, 0.25) is 5.91 Å². The number of aryl methyl sites for hydroxylation is 1. The summed E-state index contributed by atoms with van der Waals surface area (Å²) in [5, 5.41) is 14.1.